The first kappa shape index (κ1) is 13.0. The standard InChI is InChI=1S/C11H19NO4/c1-7(13)15-8-5-9(12-6-8)10(14)16-11(2,3)4/h8-9,12H,5-6H2,1-4H3/t8-,9?/m1/s1. The Morgan fingerprint density at radius 1 is 1.31 bits per heavy atom. The Balaban J connectivity index is 2.41. The average molecular weight is 229 g/mol. The van der Waals surface area contributed by atoms with Crippen molar-refractivity contribution in [3.63, 3.8) is 0 Å². The van der Waals surface area contributed by atoms with Crippen molar-refractivity contribution >= 4 is 11.9 Å². The van der Waals surface area contributed by atoms with E-state index in [0.717, 1.165) is 0 Å². The van der Waals surface area contributed by atoms with Gasteiger partial charge in [0.15, 0.2) is 0 Å². The molecule has 1 unspecified atom stereocenters. The molecule has 1 rings (SSSR count). The Morgan fingerprint density at radius 2 is 1.94 bits per heavy atom. The predicted molar refractivity (Wildman–Crippen MR) is 57.8 cm³/mol. The molecule has 0 saturated carbocycles. The third-order valence-corrected chi connectivity index (χ3v) is 2.11. The van der Waals surface area contributed by atoms with Crippen molar-refractivity contribution in [2.24, 2.45) is 0 Å². The molecule has 1 N–H and O–H groups in total. The van der Waals surface area contributed by atoms with E-state index >= 15 is 0 Å². The lowest BCUT2D eigenvalue weighted by Crippen LogP contribution is -2.37. The number of carbonyl (C=O) groups excluding carboxylic acids is 2. The van der Waals surface area contributed by atoms with Crippen LogP contribution in [0.25, 0.3) is 0 Å². The molecule has 1 fully saturated rings. The van der Waals surface area contributed by atoms with Gasteiger partial charge in [0.1, 0.15) is 17.7 Å². The number of carbonyl (C=O) groups is 2. The van der Waals surface area contributed by atoms with E-state index in [9.17, 15) is 9.59 Å². The summed E-state index contributed by atoms with van der Waals surface area (Å²) in [4.78, 5) is 22.4. The summed E-state index contributed by atoms with van der Waals surface area (Å²) in [5, 5.41) is 2.98. The van der Waals surface area contributed by atoms with Gasteiger partial charge in [-0.1, -0.05) is 0 Å². The van der Waals surface area contributed by atoms with Crippen LogP contribution in [0.5, 0.6) is 0 Å². The minimum Gasteiger partial charge on any atom is -0.461 e. The van der Waals surface area contributed by atoms with E-state index in [-0.39, 0.29) is 24.1 Å². The highest BCUT2D eigenvalue weighted by Crippen LogP contribution is 2.15. The number of rotatable bonds is 2. The van der Waals surface area contributed by atoms with Crippen LogP contribution in [-0.2, 0) is 19.1 Å². The molecule has 2 atom stereocenters. The number of nitrogens with one attached hydrogen (secondary N) is 1. The summed E-state index contributed by atoms with van der Waals surface area (Å²) in [6, 6.07) is -0.372. The van der Waals surface area contributed by atoms with Crippen LogP contribution in [0.2, 0.25) is 0 Å². The average Bonchev–Trinajstić information content (AvgIpc) is 2.48. The highest BCUT2D eigenvalue weighted by atomic mass is 16.6. The minimum absolute atomic E-state index is 0.227. The molecule has 0 spiro atoms. The zero-order chi connectivity index (χ0) is 12.3. The number of ether oxygens (including phenoxy) is 2. The largest absolute Gasteiger partial charge is 0.461 e. The van der Waals surface area contributed by atoms with Crippen molar-refractivity contribution in [2.45, 2.75) is 51.9 Å². The first-order chi connectivity index (χ1) is 7.28. The summed E-state index contributed by atoms with van der Waals surface area (Å²) in [6.45, 7) is 7.33. The highest BCUT2D eigenvalue weighted by molar-refractivity contribution is 5.76. The molecular formula is C11H19NO4. The van der Waals surface area contributed by atoms with Gasteiger partial charge in [-0.25, -0.2) is 0 Å². The molecule has 0 aromatic heterocycles. The number of hydrogen-bond donors (Lipinski definition) is 1. The third-order valence-electron chi connectivity index (χ3n) is 2.11. The van der Waals surface area contributed by atoms with Gasteiger partial charge in [0.05, 0.1) is 0 Å². The maximum Gasteiger partial charge on any atom is 0.323 e. The molecule has 0 amide bonds. The summed E-state index contributed by atoms with van der Waals surface area (Å²) in [5.41, 5.74) is -0.488. The van der Waals surface area contributed by atoms with Crippen LogP contribution in [0.1, 0.15) is 34.1 Å². The minimum atomic E-state index is -0.488. The van der Waals surface area contributed by atoms with E-state index in [1.54, 1.807) is 0 Å². The zero-order valence-corrected chi connectivity index (χ0v) is 10.2. The van der Waals surface area contributed by atoms with Gasteiger partial charge in [0.2, 0.25) is 0 Å². The Bertz CT molecular complexity index is 282. The highest BCUT2D eigenvalue weighted by Gasteiger charge is 2.33. The molecule has 92 valence electrons. The molecule has 0 radical (unpaired) electrons. The van der Waals surface area contributed by atoms with E-state index in [4.69, 9.17) is 9.47 Å². The van der Waals surface area contributed by atoms with Crippen molar-refractivity contribution in [2.75, 3.05) is 6.54 Å². The Kier molecular flexibility index (Phi) is 3.91. The molecule has 0 aromatic rings. The molecule has 0 aliphatic carbocycles. The predicted octanol–water partition coefficient (Wildman–Crippen LogP) is 0.622. The van der Waals surface area contributed by atoms with Gasteiger partial charge in [-0.2, -0.15) is 0 Å². The van der Waals surface area contributed by atoms with Crippen LogP contribution in [0.15, 0.2) is 0 Å². The second-order valence-corrected chi connectivity index (χ2v) is 4.96. The molecule has 0 bridgehead atoms. The maximum atomic E-state index is 11.7. The van der Waals surface area contributed by atoms with E-state index in [1.807, 2.05) is 20.8 Å². The van der Waals surface area contributed by atoms with Crippen LogP contribution in [0.4, 0.5) is 0 Å². The Labute approximate surface area is 95.5 Å². The van der Waals surface area contributed by atoms with Crippen molar-refractivity contribution in [3.8, 4) is 0 Å². The van der Waals surface area contributed by atoms with Gasteiger partial charge >= 0.3 is 11.9 Å². The normalized spacial score (nSPS) is 25.2. The van der Waals surface area contributed by atoms with Crippen molar-refractivity contribution in [1.29, 1.82) is 0 Å². The van der Waals surface area contributed by atoms with Crippen molar-refractivity contribution in [1.82, 2.24) is 5.32 Å². The van der Waals surface area contributed by atoms with Crippen LogP contribution < -0.4 is 5.32 Å². The first-order valence-electron chi connectivity index (χ1n) is 5.41. The summed E-state index contributed by atoms with van der Waals surface area (Å²) >= 11 is 0. The Morgan fingerprint density at radius 3 is 2.44 bits per heavy atom. The summed E-state index contributed by atoms with van der Waals surface area (Å²) in [5.74, 6) is -0.612. The Hall–Kier alpha value is -1.10. The summed E-state index contributed by atoms with van der Waals surface area (Å²) < 4.78 is 10.2. The van der Waals surface area contributed by atoms with Gasteiger partial charge in [-0.15, -0.1) is 0 Å². The molecule has 0 aromatic carbocycles. The van der Waals surface area contributed by atoms with Gasteiger partial charge in [-0.05, 0) is 20.8 Å². The first-order valence-corrected chi connectivity index (χ1v) is 5.41. The van der Waals surface area contributed by atoms with Crippen molar-refractivity contribution < 1.29 is 19.1 Å². The lowest BCUT2D eigenvalue weighted by molar-refractivity contribution is -0.158. The van der Waals surface area contributed by atoms with Gasteiger partial charge in [0, 0.05) is 19.9 Å². The fourth-order valence-electron chi connectivity index (χ4n) is 1.58. The number of hydrogen-bond acceptors (Lipinski definition) is 5. The molecule has 1 saturated heterocycles. The maximum absolute atomic E-state index is 11.7. The van der Waals surface area contributed by atoms with E-state index in [0.29, 0.717) is 13.0 Å². The summed E-state index contributed by atoms with van der Waals surface area (Å²) in [7, 11) is 0. The van der Waals surface area contributed by atoms with E-state index in [1.165, 1.54) is 6.92 Å². The van der Waals surface area contributed by atoms with E-state index in [2.05, 4.69) is 5.32 Å². The second-order valence-electron chi connectivity index (χ2n) is 4.96. The van der Waals surface area contributed by atoms with Crippen LogP contribution in [-0.4, -0.2) is 36.2 Å². The number of esters is 2. The molecule has 5 heteroatoms. The summed E-state index contributed by atoms with van der Waals surface area (Å²) in [6.07, 6.45) is 0.254. The zero-order valence-electron chi connectivity index (χ0n) is 10.2. The third kappa shape index (κ3) is 4.18. The van der Waals surface area contributed by atoms with Crippen molar-refractivity contribution in [3.05, 3.63) is 0 Å². The molecule has 1 aliphatic heterocycles. The SMILES string of the molecule is CC(=O)O[C@H]1CNC(C(=O)OC(C)(C)C)C1. The van der Waals surface area contributed by atoms with E-state index < -0.39 is 5.60 Å². The second kappa shape index (κ2) is 4.82. The molecule has 1 heterocycles. The fraction of sp³-hybridized carbons (Fsp3) is 0.818. The van der Waals surface area contributed by atoms with Crippen LogP contribution in [0.3, 0.4) is 0 Å². The molecule has 1 aliphatic rings. The van der Waals surface area contributed by atoms with Gasteiger partial charge in [-0.3, -0.25) is 9.59 Å². The van der Waals surface area contributed by atoms with Crippen LogP contribution in [0, 0.1) is 0 Å². The fourth-order valence-corrected chi connectivity index (χ4v) is 1.58. The van der Waals surface area contributed by atoms with Gasteiger partial charge < -0.3 is 14.8 Å². The lowest BCUT2D eigenvalue weighted by Gasteiger charge is -2.21. The van der Waals surface area contributed by atoms with Gasteiger partial charge in [0.25, 0.3) is 0 Å². The molecular weight excluding hydrogens is 210 g/mol. The topological polar surface area (TPSA) is 64.6 Å². The lowest BCUT2D eigenvalue weighted by atomic mass is 10.1. The quantitative estimate of drug-likeness (QED) is 0.703. The smallest absolute Gasteiger partial charge is 0.323 e. The van der Waals surface area contributed by atoms with Crippen LogP contribution >= 0.6 is 0 Å². The molecule has 16 heavy (non-hydrogen) atoms. The monoisotopic (exact) mass is 229 g/mol. The molecule has 5 nitrogen and oxygen atoms in total.